The van der Waals surface area contributed by atoms with Crippen molar-refractivity contribution in [3.63, 3.8) is 0 Å². The van der Waals surface area contributed by atoms with Crippen molar-refractivity contribution in [3.8, 4) is 0 Å². The molecule has 0 aromatic carbocycles. The molecule has 1 aliphatic rings. The van der Waals surface area contributed by atoms with Crippen LogP contribution >= 0.6 is 0 Å². The average molecular weight is 220 g/mol. The number of carbonyl (C=O) groups is 2. The summed E-state index contributed by atoms with van der Waals surface area (Å²) in [6, 6.07) is 0.167. The van der Waals surface area contributed by atoms with Gasteiger partial charge in [-0.3, -0.25) is 14.3 Å². The first-order chi connectivity index (χ1) is 7.50. The summed E-state index contributed by atoms with van der Waals surface area (Å²) in [4.78, 5) is 24.3. The van der Waals surface area contributed by atoms with Crippen LogP contribution < -0.4 is 4.90 Å². The maximum absolute atomic E-state index is 11.6. The molecule has 0 unspecified atom stereocenters. The van der Waals surface area contributed by atoms with E-state index >= 15 is 0 Å². The molecular formula is C11H14N3O2. The minimum atomic E-state index is -0.160. The van der Waals surface area contributed by atoms with Gasteiger partial charge in [0.1, 0.15) is 11.9 Å². The summed E-state index contributed by atoms with van der Waals surface area (Å²) in [5, 5.41) is 4.24. The number of anilines is 1. The first-order valence-corrected chi connectivity index (χ1v) is 5.35. The molecule has 5 heteroatoms. The standard InChI is InChI=1S/C11H14N3O2/c1-7(2)13-6-9(8(3)12-13)14-10(15)4-5-11(14)16/h7H,4-5H2,1-3H3. The topological polar surface area (TPSA) is 55.2 Å². The second kappa shape index (κ2) is 3.73. The Morgan fingerprint density at radius 2 is 1.81 bits per heavy atom. The highest BCUT2D eigenvalue weighted by molar-refractivity contribution is 6.19. The molecule has 1 saturated heterocycles. The number of carbonyl (C=O) groups excluding carboxylic acids is 2. The molecule has 1 aromatic rings. The van der Waals surface area contributed by atoms with E-state index in [9.17, 15) is 9.59 Å². The van der Waals surface area contributed by atoms with Crippen molar-refractivity contribution in [2.45, 2.75) is 39.7 Å². The third kappa shape index (κ3) is 1.62. The monoisotopic (exact) mass is 220 g/mol. The van der Waals surface area contributed by atoms with Crippen LogP contribution in [0, 0.1) is 13.1 Å². The summed E-state index contributed by atoms with van der Waals surface area (Å²) in [6.07, 6.45) is 3.55. The second-order valence-corrected chi connectivity index (χ2v) is 4.21. The van der Waals surface area contributed by atoms with Crippen molar-refractivity contribution in [1.82, 2.24) is 9.78 Å². The first kappa shape index (κ1) is 10.9. The van der Waals surface area contributed by atoms with E-state index in [1.807, 2.05) is 13.8 Å². The fraction of sp³-hybridized carbons (Fsp3) is 0.545. The molecule has 1 aromatic heterocycles. The van der Waals surface area contributed by atoms with E-state index < -0.39 is 0 Å². The third-order valence-corrected chi connectivity index (χ3v) is 2.59. The van der Waals surface area contributed by atoms with Gasteiger partial charge in [-0.2, -0.15) is 5.10 Å². The van der Waals surface area contributed by atoms with Gasteiger partial charge in [-0.15, -0.1) is 0 Å². The van der Waals surface area contributed by atoms with Crippen LogP contribution in [0.1, 0.15) is 38.4 Å². The van der Waals surface area contributed by atoms with Crippen LogP contribution in [0.15, 0.2) is 0 Å². The summed E-state index contributed by atoms with van der Waals surface area (Å²) in [5.74, 6) is -0.319. The largest absolute Gasteiger partial charge is 0.274 e. The predicted octanol–water partition coefficient (Wildman–Crippen LogP) is 1.23. The number of aryl methyl sites for hydroxylation is 1. The van der Waals surface area contributed by atoms with E-state index in [4.69, 9.17) is 0 Å². The molecule has 2 amide bonds. The molecule has 0 saturated carbocycles. The Bertz CT molecular complexity index is 432. The number of hydrogen-bond donors (Lipinski definition) is 0. The number of hydrogen-bond acceptors (Lipinski definition) is 3. The zero-order chi connectivity index (χ0) is 11.9. The number of nitrogens with zero attached hydrogens (tertiary/aromatic N) is 3. The van der Waals surface area contributed by atoms with Gasteiger partial charge in [0, 0.05) is 18.9 Å². The zero-order valence-electron chi connectivity index (χ0n) is 9.65. The molecule has 2 rings (SSSR count). The van der Waals surface area contributed by atoms with Crippen molar-refractivity contribution in [2.24, 2.45) is 0 Å². The Labute approximate surface area is 94.0 Å². The molecule has 0 spiro atoms. The van der Waals surface area contributed by atoms with E-state index in [-0.39, 0.29) is 17.9 Å². The van der Waals surface area contributed by atoms with Crippen molar-refractivity contribution in [2.75, 3.05) is 4.90 Å². The number of aromatic nitrogens is 2. The lowest BCUT2D eigenvalue weighted by atomic mass is 10.3. The lowest BCUT2D eigenvalue weighted by molar-refractivity contribution is -0.121. The maximum atomic E-state index is 11.6. The van der Waals surface area contributed by atoms with Crippen molar-refractivity contribution in [3.05, 3.63) is 11.9 Å². The van der Waals surface area contributed by atoms with Gasteiger partial charge in [0.15, 0.2) is 0 Å². The maximum Gasteiger partial charge on any atom is 0.234 e. The summed E-state index contributed by atoms with van der Waals surface area (Å²) in [7, 11) is 0. The van der Waals surface area contributed by atoms with Crippen LogP contribution in [0.5, 0.6) is 0 Å². The van der Waals surface area contributed by atoms with Crippen molar-refractivity contribution in [1.29, 1.82) is 0 Å². The quantitative estimate of drug-likeness (QED) is 0.704. The van der Waals surface area contributed by atoms with Gasteiger partial charge in [-0.25, -0.2) is 4.90 Å². The zero-order valence-corrected chi connectivity index (χ0v) is 9.65. The van der Waals surface area contributed by atoms with Crippen LogP contribution in [0.2, 0.25) is 0 Å². The Kier molecular flexibility index (Phi) is 2.53. The Hall–Kier alpha value is -1.65. The van der Waals surface area contributed by atoms with E-state index in [1.165, 1.54) is 4.90 Å². The first-order valence-electron chi connectivity index (χ1n) is 5.35. The molecule has 16 heavy (non-hydrogen) atoms. The highest BCUT2D eigenvalue weighted by Gasteiger charge is 2.32. The van der Waals surface area contributed by atoms with Crippen LogP contribution in [0.25, 0.3) is 0 Å². The second-order valence-electron chi connectivity index (χ2n) is 4.21. The van der Waals surface area contributed by atoms with E-state index in [2.05, 4.69) is 11.3 Å². The summed E-state index contributed by atoms with van der Waals surface area (Å²) < 4.78 is 1.64. The van der Waals surface area contributed by atoms with Gasteiger partial charge >= 0.3 is 0 Å². The highest BCUT2D eigenvalue weighted by atomic mass is 16.2. The van der Waals surface area contributed by atoms with Gasteiger partial charge in [0.2, 0.25) is 11.8 Å². The van der Waals surface area contributed by atoms with Crippen LogP contribution in [0.3, 0.4) is 0 Å². The van der Waals surface area contributed by atoms with Gasteiger partial charge < -0.3 is 0 Å². The molecule has 2 heterocycles. The van der Waals surface area contributed by atoms with Gasteiger partial charge in [0.05, 0.1) is 5.69 Å². The fourth-order valence-electron chi connectivity index (χ4n) is 1.71. The SMILES string of the molecule is Cc1nn(C(C)C)[c]c1N1C(=O)CCC1=O. The van der Waals surface area contributed by atoms with Crippen molar-refractivity contribution < 1.29 is 9.59 Å². The molecule has 0 N–H and O–H groups in total. The van der Waals surface area contributed by atoms with Crippen LogP contribution in [-0.2, 0) is 9.59 Å². The normalized spacial score (nSPS) is 16.6. The third-order valence-electron chi connectivity index (χ3n) is 2.59. The van der Waals surface area contributed by atoms with Gasteiger partial charge in [0.25, 0.3) is 0 Å². The Balaban J connectivity index is 2.40. The van der Waals surface area contributed by atoms with E-state index in [1.54, 1.807) is 11.6 Å². The molecule has 0 aliphatic carbocycles. The molecule has 0 bridgehead atoms. The molecule has 5 nitrogen and oxygen atoms in total. The molecule has 0 atom stereocenters. The highest BCUT2D eigenvalue weighted by Crippen LogP contribution is 2.25. The summed E-state index contributed by atoms with van der Waals surface area (Å²) >= 11 is 0. The number of rotatable bonds is 2. The van der Waals surface area contributed by atoms with Gasteiger partial charge in [-0.1, -0.05) is 0 Å². The fourth-order valence-corrected chi connectivity index (χ4v) is 1.71. The lowest BCUT2D eigenvalue weighted by Gasteiger charge is -2.11. The van der Waals surface area contributed by atoms with E-state index in [0.717, 1.165) is 0 Å². The Morgan fingerprint density at radius 1 is 1.25 bits per heavy atom. The minimum absolute atomic E-state index is 0.160. The van der Waals surface area contributed by atoms with Crippen LogP contribution in [0.4, 0.5) is 5.69 Å². The molecular weight excluding hydrogens is 206 g/mol. The molecule has 1 fully saturated rings. The molecule has 85 valence electrons. The predicted molar refractivity (Wildman–Crippen MR) is 57.9 cm³/mol. The smallest absolute Gasteiger partial charge is 0.234 e. The molecule has 1 aliphatic heterocycles. The Morgan fingerprint density at radius 3 is 2.25 bits per heavy atom. The lowest BCUT2D eigenvalue weighted by Crippen LogP contribution is -2.28. The number of amides is 2. The van der Waals surface area contributed by atoms with E-state index in [0.29, 0.717) is 24.2 Å². The summed E-state index contributed by atoms with van der Waals surface area (Å²) in [6.45, 7) is 5.73. The van der Waals surface area contributed by atoms with Crippen molar-refractivity contribution >= 4 is 17.5 Å². The summed E-state index contributed by atoms with van der Waals surface area (Å²) in [5.41, 5.74) is 1.17. The number of imide groups is 1. The van der Waals surface area contributed by atoms with Gasteiger partial charge in [-0.05, 0) is 20.8 Å². The van der Waals surface area contributed by atoms with Crippen LogP contribution in [-0.4, -0.2) is 21.6 Å². The minimum Gasteiger partial charge on any atom is -0.274 e. The molecule has 1 radical (unpaired) electrons. The average Bonchev–Trinajstić information content (AvgIpc) is 2.71.